The van der Waals surface area contributed by atoms with Crippen molar-refractivity contribution < 1.29 is 9.53 Å². The summed E-state index contributed by atoms with van der Waals surface area (Å²) in [6.07, 6.45) is 13.2. The maximum absolute atomic E-state index is 14.4. The van der Waals surface area contributed by atoms with Gasteiger partial charge in [-0.1, -0.05) is 87.5 Å². The number of hydrogen-bond donors (Lipinski definition) is 0. The molecule has 0 unspecified atom stereocenters. The van der Waals surface area contributed by atoms with Crippen LogP contribution in [0.25, 0.3) is 5.57 Å². The average Bonchev–Trinajstić information content (AvgIpc) is 3.26. The first-order valence-electron chi connectivity index (χ1n) is 15.4. The van der Waals surface area contributed by atoms with E-state index in [9.17, 15) is 4.79 Å². The van der Waals surface area contributed by atoms with E-state index in [1.807, 2.05) is 0 Å². The summed E-state index contributed by atoms with van der Waals surface area (Å²) < 4.78 is 6.93. The van der Waals surface area contributed by atoms with E-state index in [-0.39, 0.29) is 10.8 Å². The van der Waals surface area contributed by atoms with E-state index in [0.29, 0.717) is 41.5 Å². The molecule has 2 aromatic rings. The van der Waals surface area contributed by atoms with Crippen molar-refractivity contribution in [2.45, 2.75) is 90.3 Å². The van der Waals surface area contributed by atoms with Crippen molar-refractivity contribution in [1.29, 1.82) is 0 Å². The highest BCUT2D eigenvalue weighted by Crippen LogP contribution is 2.72. The summed E-state index contributed by atoms with van der Waals surface area (Å²) in [7, 11) is 0. The molecule has 6 fully saturated rings. The number of ketones is 1. The smallest absolute Gasteiger partial charge is 0.166 e. The Labute approximate surface area is 229 Å². The lowest BCUT2D eigenvalue weighted by Gasteiger charge is -2.70. The summed E-state index contributed by atoms with van der Waals surface area (Å²) in [5.41, 5.74) is 3.58. The fourth-order valence-corrected chi connectivity index (χ4v) is 10.7. The normalized spacial score (nSPS) is 41.8. The molecule has 200 valence electrons. The molecular formula is C36H44O2. The van der Waals surface area contributed by atoms with Crippen molar-refractivity contribution in [2.24, 2.45) is 40.4 Å². The number of hydrogen-bond acceptors (Lipinski definition) is 2. The minimum absolute atomic E-state index is 0.0653. The predicted molar refractivity (Wildman–Crippen MR) is 153 cm³/mol. The number of allylic oxidation sites excluding steroid dienone is 1. The number of carbonyl (C=O) groups excluding carboxylic acids is 1. The number of fused-ring (bicyclic) bond motifs is 3. The second-order valence-corrected chi connectivity index (χ2v) is 14.0. The van der Waals surface area contributed by atoms with Crippen molar-refractivity contribution >= 4 is 11.4 Å². The molecule has 4 saturated carbocycles. The summed E-state index contributed by atoms with van der Waals surface area (Å²) in [5, 5.41) is 0. The van der Waals surface area contributed by atoms with E-state index >= 15 is 0 Å². The van der Waals surface area contributed by atoms with Gasteiger partial charge in [-0.15, -0.1) is 0 Å². The molecule has 8 rings (SSSR count). The minimum atomic E-state index is -0.479. The quantitative estimate of drug-likeness (QED) is 0.405. The van der Waals surface area contributed by atoms with Gasteiger partial charge in [0.05, 0.1) is 6.10 Å². The van der Waals surface area contributed by atoms with Gasteiger partial charge in [-0.25, -0.2) is 0 Å². The number of ether oxygens (including phenoxy) is 1. The zero-order chi connectivity index (χ0) is 26.1. The summed E-state index contributed by atoms with van der Waals surface area (Å²) in [6.45, 7) is 7.38. The molecule has 0 N–H and O–H groups in total. The molecule has 0 amide bonds. The van der Waals surface area contributed by atoms with Gasteiger partial charge in [0.2, 0.25) is 0 Å². The number of Topliss-reactive ketones (excluding diaryl/α,β-unsaturated/α-hetero) is 1. The van der Waals surface area contributed by atoms with Crippen molar-refractivity contribution in [3.8, 4) is 0 Å². The maximum atomic E-state index is 14.4. The molecule has 0 radical (unpaired) electrons. The Bertz CT molecular complexity index is 1190. The average molecular weight is 509 g/mol. The van der Waals surface area contributed by atoms with Crippen LogP contribution in [0, 0.1) is 40.4 Å². The van der Waals surface area contributed by atoms with Crippen LogP contribution in [0.3, 0.4) is 0 Å². The van der Waals surface area contributed by atoms with Gasteiger partial charge in [0.25, 0.3) is 0 Å². The van der Waals surface area contributed by atoms with E-state index in [1.54, 1.807) is 0 Å². The van der Waals surface area contributed by atoms with Gasteiger partial charge in [-0.2, -0.15) is 0 Å². The Balaban J connectivity index is 1.17. The van der Waals surface area contributed by atoms with Gasteiger partial charge in [-0.05, 0) is 103 Å². The fraction of sp³-hybridized carbons (Fsp3) is 0.583. The summed E-state index contributed by atoms with van der Waals surface area (Å²) in [6, 6.07) is 21.6. The SMILES string of the molecule is C[C@@H](CC=C(c1ccccc1)c1ccccc1)[C@H]1CC[C@H]2[C@@H]3CC[C@@H]4C[C@H]5CC[C@]4(C)[C@@]3(O5)C(=O)C[C@]12C. The second-order valence-electron chi connectivity index (χ2n) is 14.0. The molecule has 0 aromatic heterocycles. The zero-order valence-corrected chi connectivity index (χ0v) is 23.5. The molecule has 1 spiro atoms. The third kappa shape index (κ3) is 3.38. The third-order valence-electron chi connectivity index (χ3n) is 12.5. The summed E-state index contributed by atoms with van der Waals surface area (Å²) in [5.74, 6) is 3.34. The predicted octanol–water partition coefficient (Wildman–Crippen LogP) is 8.50. The fourth-order valence-electron chi connectivity index (χ4n) is 10.7. The number of carbonyl (C=O) groups is 1. The van der Waals surface area contributed by atoms with Gasteiger partial charge in [0, 0.05) is 11.8 Å². The van der Waals surface area contributed by atoms with Gasteiger partial charge in [0.15, 0.2) is 5.78 Å². The second kappa shape index (κ2) is 8.91. The van der Waals surface area contributed by atoms with Crippen molar-refractivity contribution in [3.05, 3.63) is 77.9 Å². The van der Waals surface area contributed by atoms with Crippen LogP contribution in [0.15, 0.2) is 66.7 Å². The lowest BCUT2D eigenvalue weighted by atomic mass is 9.40. The van der Waals surface area contributed by atoms with Crippen LogP contribution in [0.5, 0.6) is 0 Å². The van der Waals surface area contributed by atoms with Crippen LogP contribution in [0.4, 0.5) is 0 Å². The largest absolute Gasteiger partial charge is 0.363 e. The van der Waals surface area contributed by atoms with E-state index in [2.05, 4.69) is 87.5 Å². The number of rotatable bonds is 5. The highest BCUT2D eigenvalue weighted by Gasteiger charge is 2.74. The van der Waals surface area contributed by atoms with E-state index in [1.165, 1.54) is 55.2 Å². The molecule has 2 aliphatic heterocycles. The van der Waals surface area contributed by atoms with E-state index in [0.717, 1.165) is 19.3 Å². The Kier molecular flexibility index (Phi) is 5.82. The molecule has 2 saturated heterocycles. The number of benzene rings is 2. The third-order valence-corrected chi connectivity index (χ3v) is 12.5. The Morgan fingerprint density at radius 3 is 2.26 bits per heavy atom. The van der Waals surface area contributed by atoms with Crippen molar-refractivity contribution in [3.63, 3.8) is 0 Å². The minimum Gasteiger partial charge on any atom is -0.363 e. The molecule has 2 heteroatoms. The van der Waals surface area contributed by atoms with Crippen LogP contribution >= 0.6 is 0 Å². The van der Waals surface area contributed by atoms with Crippen LogP contribution < -0.4 is 0 Å². The van der Waals surface area contributed by atoms with Gasteiger partial charge < -0.3 is 4.74 Å². The van der Waals surface area contributed by atoms with Crippen LogP contribution in [-0.2, 0) is 9.53 Å². The van der Waals surface area contributed by atoms with Crippen molar-refractivity contribution in [1.82, 2.24) is 0 Å². The maximum Gasteiger partial charge on any atom is 0.166 e. The molecule has 2 heterocycles. The van der Waals surface area contributed by atoms with Crippen molar-refractivity contribution in [2.75, 3.05) is 0 Å². The summed E-state index contributed by atoms with van der Waals surface area (Å²) >= 11 is 0. The van der Waals surface area contributed by atoms with Crippen LogP contribution in [-0.4, -0.2) is 17.5 Å². The topological polar surface area (TPSA) is 26.3 Å². The highest BCUT2D eigenvalue weighted by atomic mass is 16.5. The Morgan fingerprint density at radius 2 is 1.58 bits per heavy atom. The monoisotopic (exact) mass is 508 g/mol. The lowest BCUT2D eigenvalue weighted by Crippen LogP contribution is -2.75. The molecule has 6 aliphatic rings. The molecule has 4 bridgehead atoms. The van der Waals surface area contributed by atoms with Gasteiger partial charge >= 0.3 is 0 Å². The molecular weight excluding hydrogens is 464 g/mol. The van der Waals surface area contributed by atoms with Gasteiger partial charge in [0.1, 0.15) is 5.60 Å². The molecule has 9 atom stereocenters. The first-order chi connectivity index (χ1) is 18.4. The lowest BCUT2D eigenvalue weighted by molar-refractivity contribution is -0.307. The van der Waals surface area contributed by atoms with Gasteiger partial charge in [-0.3, -0.25) is 4.79 Å². The first-order valence-corrected chi connectivity index (χ1v) is 15.4. The standard InChI is InChI=1S/C36H44O2/c1-24(14-16-29(25-10-6-4-7-11-25)26-12-8-5-9-13-26)30-18-19-31-32-17-15-27-22-28-20-21-35(27,3)36(32,38-28)33(37)23-34(30,31)2/h4-13,16,24,27-28,30-32H,14-15,17-23H2,1-3H3/t24-,27+,28+,30+,31-,32-,34+,35-,36-/m0/s1. The Hall–Kier alpha value is -2.19. The highest BCUT2D eigenvalue weighted by molar-refractivity contribution is 5.91. The van der Waals surface area contributed by atoms with E-state index in [4.69, 9.17) is 4.74 Å². The van der Waals surface area contributed by atoms with E-state index < -0.39 is 5.60 Å². The molecule has 2 aromatic carbocycles. The first kappa shape index (κ1) is 24.8. The molecule has 38 heavy (non-hydrogen) atoms. The Morgan fingerprint density at radius 1 is 0.921 bits per heavy atom. The van der Waals surface area contributed by atoms with Crippen LogP contribution in [0.2, 0.25) is 0 Å². The molecule has 4 aliphatic carbocycles. The molecule has 2 nitrogen and oxygen atoms in total. The summed E-state index contributed by atoms with van der Waals surface area (Å²) in [4.78, 5) is 14.4. The zero-order valence-electron chi connectivity index (χ0n) is 23.5. The van der Waals surface area contributed by atoms with Crippen LogP contribution in [0.1, 0.15) is 89.7 Å².